The van der Waals surface area contributed by atoms with Crippen molar-refractivity contribution in [3.05, 3.63) is 18.2 Å². The van der Waals surface area contributed by atoms with Gasteiger partial charge in [-0.15, -0.1) is 0 Å². The van der Waals surface area contributed by atoms with Gasteiger partial charge in [0.25, 0.3) is 0 Å². The Morgan fingerprint density at radius 1 is 1.45 bits per heavy atom. The molecule has 1 aliphatic heterocycles. The molecule has 0 radical (unpaired) electrons. The van der Waals surface area contributed by atoms with Gasteiger partial charge in [-0.3, -0.25) is 0 Å². The van der Waals surface area contributed by atoms with Crippen LogP contribution >= 0.6 is 0 Å². The fourth-order valence-electron chi connectivity index (χ4n) is 2.32. The Morgan fingerprint density at radius 2 is 2.15 bits per heavy atom. The topological polar surface area (TPSA) is 119 Å². The molecule has 0 aromatic heterocycles. The molecule has 1 aliphatic rings. The Hall–Kier alpha value is -1.35. The molecule has 0 amide bonds. The Bertz CT molecular complexity index is 590. The molecule has 20 heavy (non-hydrogen) atoms. The first kappa shape index (κ1) is 15.0. The summed E-state index contributed by atoms with van der Waals surface area (Å²) in [6, 6.07) is 4.35. The van der Waals surface area contributed by atoms with Gasteiger partial charge >= 0.3 is 0 Å². The highest BCUT2D eigenvalue weighted by Gasteiger charge is 2.26. The van der Waals surface area contributed by atoms with Crippen LogP contribution < -0.4 is 15.8 Å². The SMILES string of the molecule is CC1CN(c2cc(S(N)(=O)=O)ccc2N)CC(CO)O1. The van der Waals surface area contributed by atoms with E-state index < -0.39 is 10.0 Å². The standard InChI is InChI=1S/C12H19N3O4S/c1-8-5-15(6-9(7-16)19-8)12-4-10(20(14,17)18)2-3-11(12)13/h2-4,8-9,16H,5-7,13H2,1H3,(H2,14,17,18). The van der Waals surface area contributed by atoms with E-state index in [9.17, 15) is 13.5 Å². The van der Waals surface area contributed by atoms with Crippen molar-refractivity contribution < 1.29 is 18.3 Å². The van der Waals surface area contributed by atoms with Crippen molar-refractivity contribution in [2.75, 3.05) is 30.3 Å². The van der Waals surface area contributed by atoms with Crippen LogP contribution in [0, 0.1) is 0 Å². The van der Waals surface area contributed by atoms with Crippen molar-refractivity contribution in [3.63, 3.8) is 0 Å². The second-order valence-electron chi connectivity index (χ2n) is 4.92. The van der Waals surface area contributed by atoms with Gasteiger partial charge in [0.2, 0.25) is 10.0 Å². The normalized spacial score (nSPS) is 23.9. The number of nitrogens with two attached hydrogens (primary N) is 2. The third-order valence-corrected chi connectivity index (χ3v) is 4.11. The first-order chi connectivity index (χ1) is 9.31. The number of aliphatic hydroxyl groups excluding tert-OH is 1. The van der Waals surface area contributed by atoms with Gasteiger partial charge in [-0.2, -0.15) is 0 Å². The molecule has 5 N–H and O–H groups in total. The summed E-state index contributed by atoms with van der Waals surface area (Å²) in [5.74, 6) is 0. The average Bonchev–Trinajstić information content (AvgIpc) is 2.37. The molecule has 7 nitrogen and oxygen atoms in total. The fourth-order valence-corrected chi connectivity index (χ4v) is 2.85. The van der Waals surface area contributed by atoms with Crippen molar-refractivity contribution in [2.45, 2.75) is 24.0 Å². The lowest BCUT2D eigenvalue weighted by Crippen LogP contribution is -2.48. The van der Waals surface area contributed by atoms with Crippen LogP contribution in [0.4, 0.5) is 11.4 Å². The summed E-state index contributed by atoms with van der Waals surface area (Å²) in [7, 11) is -3.78. The van der Waals surface area contributed by atoms with Crippen LogP contribution in [-0.4, -0.2) is 45.4 Å². The number of rotatable bonds is 3. The predicted octanol–water partition coefficient (Wildman–Crippen LogP) is -0.498. The summed E-state index contributed by atoms with van der Waals surface area (Å²) in [6.45, 7) is 2.79. The van der Waals surface area contributed by atoms with Crippen molar-refractivity contribution in [1.82, 2.24) is 0 Å². The largest absolute Gasteiger partial charge is 0.397 e. The van der Waals surface area contributed by atoms with Gasteiger partial charge in [0.05, 0.1) is 35.1 Å². The van der Waals surface area contributed by atoms with Gasteiger partial charge in [0.1, 0.15) is 0 Å². The summed E-state index contributed by atoms with van der Waals surface area (Å²) in [6.07, 6.45) is -0.408. The number of aliphatic hydroxyl groups is 1. The lowest BCUT2D eigenvalue weighted by Gasteiger charge is -2.38. The minimum absolute atomic E-state index is 0.0152. The molecular formula is C12H19N3O4S. The van der Waals surface area contributed by atoms with Crippen LogP contribution in [0.1, 0.15) is 6.92 Å². The smallest absolute Gasteiger partial charge is 0.238 e. The first-order valence-electron chi connectivity index (χ1n) is 6.25. The first-order valence-corrected chi connectivity index (χ1v) is 7.79. The summed E-state index contributed by atoms with van der Waals surface area (Å²) < 4.78 is 28.4. The third-order valence-electron chi connectivity index (χ3n) is 3.20. The number of benzene rings is 1. The molecule has 2 unspecified atom stereocenters. The highest BCUT2D eigenvalue weighted by atomic mass is 32.2. The number of morpholine rings is 1. The maximum Gasteiger partial charge on any atom is 0.238 e. The van der Waals surface area contributed by atoms with E-state index in [-0.39, 0.29) is 23.7 Å². The van der Waals surface area contributed by atoms with E-state index in [1.54, 1.807) is 0 Å². The minimum Gasteiger partial charge on any atom is -0.397 e. The van der Waals surface area contributed by atoms with Crippen LogP contribution in [0.3, 0.4) is 0 Å². The number of hydrogen-bond acceptors (Lipinski definition) is 6. The molecule has 0 saturated carbocycles. The minimum atomic E-state index is -3.78. The van der Waals surface area contributed by atoms with Gasteiger partial charge in [-0.05, 0) is 25.1 Å². The maximum absolute atomic E-state index is 11.4. The number of hydrogen-bond donors (Lipinski definition) is 3. The van der Waals surface area contributed by atoms with Crippen LogP contribution in [0.15, 0.2) is 23.1 Å². The Kier molecular flexibility index (Phi) is 4.19. The molecule has 0 aliphatic carbocycles. The molecule has 1 aromatic carbocycles. The third kappa shape index (κ3) is 3.21. The van der Waals surface area contributed by atoms with E-state index in [0.717, 1.165) is 0 Å². The van der Waals surface area contributed by atoms with Gasteiger partial charge in [0.15, 0.2) is 0 Å². The highest BCUT2D eigenvalue weighted by molar-refractivity contribution is 7.89. The van der Waals surface area contributed by atoms with E-state index in [0.29, 0.717) is 24.5 Å². The van der Waals surface area contributed by atoms with E-state index in [1.165, 1.54) is 18.2 Å². The van der Waals surface area contributed by atoms with Gasteiger partial charge in [0, 0.05) is 13.1 Å². The van der Waals surface area contributed by atoms with E-state index in [4.69, 9.17) is 15.6 Å². The van der Waals surface area contributed by atoms with Crippen molar-refractivity contribution in [3.8, 4) is 0 Å². The fraction of sp³-hybridized carbons (Fsp3) is 0.500. The Morgan fingerprint density at radius 3 is 2.75 bits per heavy atom. The summed E-state index contributed by atoms with van der Waals surface area (Å²) in [4.78, 5) is 1.92. The van der Waals surface area contributed by atoms with Crippen molar-refractivity contribution in [1.29, 1.82) is 0 Å². The lowest BCUT2D eigenvalue weighted by molar-refractivity contribution is -0.0420. The molecular weight excluding hydrogens is 282 g/mol. The van der Waals surface area contributed by atoms with Crippen LogP contribution in [0.2, 0.25) is 0 Å². The van der Waals surface area contributed by atoms with Crippen LogP contribution in [0.25, 0.3) is 0 Å². The van der Waals surface area contributed by atoms with Crippen molar-refractivity contribution in [2.24, 2.45) is 5.14 Å². The molecule has 0 bridgehead atoms. The quantitative estimate of drug-likeness (QED) is 0.648. The predicted molar refractivity (Wildman–Crippen MR) is 75.9 cm³/mol. The molecule has 1 fully saturated rings. The zero-order chi connectivity index (χ0) is 14.9. The monoisotopic (exact) mass is 301 g/mol. The number of sulfonamides is 1. The van der Waals surface area contributed by atoms with E-state index >= 15 is 0 Å². The maximum atomic E-state index is 11.4. The van der Waals surface area contributed by atoms with Gasteiger partial charge in [-0.1, -0.05) is 0 Å². The zero-order valence-corrected chi connectivity index (χ0v) is 12.0. The van der Waals surface area contributed by atoms with Gasteiger partial charge < -0.3 is 20.5 Å². The molecule has 1 saturated heterocycles. The Balaban J connectivity index is 2.36. The average molecular weight is 301 g/mol. The second kappa shape index (κ2) is 5.57. The Labute approximate surface area is 118 Å². The van der Waals surface area contributed by atoms with Crippen molar-refractivity contribution >= 4 is 21.4 Å². The molecule has 1 heterocycles. The van der Waals surface area contributed by atoms with E-state index in [1.807, 2.05) is 11.8 Å². The summed E-state index contributed by atoms with van der Waals surface area (Å²) in [5.41, 5.74) is 6.96. The number of nitrogen functional groups attached to an aromatic ring is 1. The zero-order valence-electron chi connectivity index (χ0n) is 11.2. The highest BCUT2D eigenvalue weighted by Crippen LogP contribution is 2.28. The van der Waals surface area contributed by atoms with Crippen LogP contribution in [-0.2, 0) is 14.8 Å². The number of primary sulfonamides is 1. The molecule has 1 aromatic rings. The lowest BCUT2D eigenvalue weighted by atomic mass is 10.1. The summed E-state index contributed by atoms with van der Waals surface area (Å²) >= 11 is 0. The van der Waals surface area contributed by atoms with Crippen LogP contribution in [0.5, 0.6) is 0 Å². The second-order valence-corrected chi connectivity index (χ2v) is 6.48. The number of anilines is 2. The van der Waals surface area contributed by atoms with Gasteiger partial charge in [-0.25, -0.2) is 13.6 Å². The van der Waals surface area contributed by atoms with E-state index in [2.05, 4.69) is 0 Å². The molecule has 112 valence electrons. The molecule has 0 spiro atoms. The number of nitrogens with zero attached hydrogens (tertiary/aromatic N) is 1. The number of ether oxygens (including phenoxy) is 1. The molecule has 2 rings (SSSR count). The molecule has 2 atom stereocenters. The summed E-state index contributed by atoms with van der Waals surface area (Å²) in [5, 5.41) is 14.4. The molecule has 8 heteroatoms.